The molecule has 0 saturated carbocycles. The highest BCUT2D eigenvalue weighted by Crippen LogP contribution is 2.44. The summed E-state index contributed by atoms with van der Waals surface area (Å²) in [5.74, 6) is 0.364. The molecule has 1 unspecified atom stereocenters. The molecule has 0 spiro atoms. The number of alkyl halides is 1. The van der Waals surface area contributed by atoms with Gasteiger partial charge in [-0.05, 0) is 40.8 Å². The maximum atomic E-state index is 13.3. The Bertz CT molecular complexity index is 1770. The van der Waals surface area contributed by atoms with Crippen LogP contribution in [0.5, 0.6) is 0 Å². The molecule has 7 nitrogen and oxygen atoms in total. The summed E-state index contributed by atoms with van der Waals surface area (Å²) in [4.78, 5) is 15.1. The average Bonchev–Trinajstić information content (AvgIpc) is 3.48. The second kappa shape index (κ2) is 13.6. The molecule has 3 aromatic carbocycles. The van der Waals surface area contributed by atoms with Gasteiger partial charge in [0, 0.05) is 54.4 Å². The Morgan fingerprint density at radius 3 is 2.30 bits per heavy atom. The third-order valence-corrected chi connectivity index (χ3v) is 9.35. The molecule has 0 fully saturated rings. The Morgan fingerprint density at radius 2 is 1.70 bits per heavy atom. The zero-order chi connectivity index (χ0) is 29.5. The summed E-state index contributed by atoms with van der Waals surface area (Å²) in [5, 5.41) is 2.35. The van der Waals surface area contributed by atoms with Crippen LogP contribution in [-0.2, 0) is 34.8 Å². The fourth-order valence-corrected chi connectivity index (χ4v) is 7.03. The van der Waals surface area contributed by atoms with Crippen molar-refractivity contribution in [1.82, 2.24) is 4.57 Å². The van der Waals surface area contributed by atoms with Crippen molar-refractivity contribution in [2.24, 2.45) is 7.05 Å². The number of carbonyl (C=O) groups excluding carboxylic acids is 1. The van der Waals surface area contributed by atoms with E-state index in [4.69, 9.17) is 17.3 Å². The smallest absolute Gasteiger partial charge is 0.251 e. The largest absolute Gasteiger partial charge is 1.00 e. The molecule has 1 atom stereocenters. The Balaban J connectivity index is 0.00000253. The molecular formula is C32H37Br2ClN4O3S. The first-order chi connectivity index (χ1) is 19.4. The van der Waals surface area contributed by atoms with Gasteiger partial charge in [0.15, 0.2) is 9.84 Å². The number of hydrogen-bond donors (Lipinski definition) is 1. The number of benzene rings is 3. The van der Waals surface area contributed by atoms with Gasteiger partial charge >= 0.3 is 0 Å². The van der Waals surface area contributed by atoms with Crippen molar-refractivity contribution < 1.29 is 34.7 Å². The van der Waals surface area contributed by atoms with Crippen molar-refractivity contribution in [3.8, 4) is 0 Å². The second-order valence-corrected chi connectivity index (χ2v) is 13.8. The number of nitrogens with two attached hydrogens (primary N) is 1. The number of hydrogen-bond acceptors (Lipinski definition) is 4. The van der Waals surface area contributed by atoms with E-state index in [1.54, 1.807) is 28.7 Å². The zero-order valence-electron chi connectivity index (χ0n) is 24.6. The summed E-state index contributed by atoms with van der Waals surface area (Å²) in [6.45, 7) is 1.97. The number of carbonyl (C=O) groups is 1. The summed E-state index contributed by atoms with van der Waals surface area (Å²) >= 11 is 6.34. The number of nitrogens with zero attached hydrogens (tertiary/aromatic N) is 3. The molecule has 1 aliphatic heterocycles. The molecule has 11 heteroatoms. The molecule has 5 rings (SSSR count). The van der Waals surface area contributed by atoms with E-state index in [-0.39, 0.29) is 45.8 Å². The predicted octanol–water partition coefficient (Wildman–Crippen LogP) is 2.90. The SMILES string of the molecule is Br.Cn1c(C[N+](C)(C)Cc2ccc(/C=C/C(=O)N3CC(CCl)c4c3cc(N)c3ccccc43)cc2)ccc1S(C)(=O)=O.[Br-]. The molecule has 1 aromatic heterocycles. The Kier molecular flexibility index (Phi) is 11.0. The minimum Gasteiger partial charge on any atom is -1.00 e. The highest BCUT2D eigenvalue weighted by molar-refractivity contribution is 8.93. The number of fused-ring (bicyclic) bond motifs is 3. The summed E-state index contributed by atoms with van der Waals surface area (Å²) in [6.07, 6.45) is 4.67. The third-order valence-electron chi connectivity index (χ3n) is 7.81. The minimum absolute atomic E-state index is 0. The van der Waals surface area contributed by atoms with Gasteiger partial charge in [0.1, 0.15) is 18.1 Å². The van der Waals surface area contributed by atoms with E-state index in [2.05, 4.69) is 26.2 Å². The molecule has 2 N–H and O–H groups in total. The second-order valence-electron chi connectivity index (χ2n) is 11.6. The summed E-state index contributed by atoms with van der Waals surface area (Å²) in [7, 11) is 2.77. The summed E-state index contributed by atoms with van der Waals surface area (Å²) in [6, 6.07) is 21.6. The average molecular weight is 753 g/mol. The molecule has 1 amide bonds. The number of quaternary nitrogens is 1. The fraction of sp³-hybridized carbons (Fsp3) is 0.281. The van der Waals surface area contributed by atoms with Gasteiger partial charge in [0.2, 0.25) is 0 Å². The van der Waals surface area contributed by atoms with Crippen LogP contribution in [0.2, 0.25) is 0 Å². The molecule has 43 heavy (non-hydrogen) atoms. The Morgan fingerprint density at radius 1 is 1.05 bits per heavy atom. The number of aromatic nitrogens is 1. The van der Waals surface area contributed by atoms with E-state index in [1.165, 1.54) is 6.26 Å². The van der Waals surface area contributed by atoms with E-state index in [9.17, 15) is 13.2 Å². The first-order valence-electron chi connectivity index (χ1n) is 13.5. The normalized spacial score (nSPS) is 14.9. The highest BCUT2D eigenvalue weighted by Gasteiger charge is 2.33. The monoisotopic (exact) mass is 750 g/mol. The van der Waals surface area contributed by atoms with Crippen LogP contribution in [0.4, 0.5) is 11.4 Å². The van der Waals surface area contributed by atoms with Crippen LogP contribution in [0.3, 0.4) is 0 Å². The van der Waals surface area contributed by atoms with Gasteiger partial charge < -0.3 is 36.7 Å². The van der Waals surface area contributed by atoms with E-state index in [0.29, 0.717) is 34.2 Å². The van der Waals surface area contributed by atoms with Crippen LogP contribution in [0, 0.1) is 0 Å². The number of halogens is 3. The standard InChI is InChI=1S/C32H36ClN4O3S.2BrH/c1-35-25(14-16-31(35)41(4,39)40)21-37(2,3)20-23-11-9-22(10-12-23)13-15-30(38)36-19-24(18-33)32-27-8-6-5-7-26(27)28(34)17-29(32)36;;/h5-17,24H,18-21,34H2,1-4H3;2*1H/q+1;;/p-1/b15-13+;;. The number of anilines is 2. The Labute approximate surface area is 280 Å². The van der Waals surface area contributed by atoms with Crippen molar-refractivity contribution in [1.29, 1.82) is 0 Å². The van der Waals surface area contributed by atoms with E-state index in [1.807, 2.05) is 54.6 Å². The molecule has 0 saturated heterocycles. The lowest BCUT2D eigenvalue weighted by molar-refractivity contribution is -0.917. The lowest BCUT2D eigenvalue weighted by Crippen LogP contribution is -3.00. The highest BCUT2D eigenvalue weighted by atomic mass is 79.9. The van der Waals surface area contributed by atoms with Gasteiger partial charge in [-0.15, -0.1) is 28.6 Å². The lowest BCUT2D eigenvalue weighted by atomic mass is 9.95. The van der Waals surface area contributed by atoms with Crippen LogP contribution in [0.15, 0.2) is 77.8 Å². The van der Waals surface area contributed by atoms with Crippen molar-refractivity contribution in [2.75, 3.05) is 43.4 Å². The van der Waals surface area contributed by atoms with E-state index >= 15 is 0 Å². The number of rotatable bonds is 8. The molecule has 2 heterocycles. The first kappa shape index (κ1) is 34.9. The van der Waals surface area contributed by atoms with Gasteiger partial charge in [0.05, 0.1) is 25.5 Å². The number of nitrogen functional groups attached to an aromatic ring is 1. The topological polar surface area (TPSA) is 85.4 Å². The van der Waals surface area contributed by atoms with Crippen LogP contribution in [-0.4, -0.2) is 56.2 Å². The van der Waals surface area contributed by atoms with Gasteiger partial charge in [-0.2, -0.15) is 0 Å². The van der Waals surface area contributed by atoms with Crippen molar-refractivity contribution in [2.45, 2.75) is 24.0 Å². The van der Waals surface area contributed by atoms with E-state index in [0.717, 1.165) is 45.4 Å². The van der Waals surface area contributed by atoms with Crippen molar-refractivity contribution in [3.63, 3.8) is 0 Å². The lowest BCUT2D eigenvalue weighted by Gasteiger charge is -2.30. The molecule has 1 aliphatic rings. The van der Waals surface area contributed by atoms with Crippen LogP contribution < -0.4 is 27.6 Å². The fourth-order valence-electron chi connectivity index (χ4n) is 5.85. The molecule has 0 bridgehead atoms. The van der Waals surface area contributed by atoms with Gasteiger partial charge in [-0.1, -0.05) is 48.5 Å². The molecule has 230 valence electrons. The molecular weight excluding hydrogens is 716 g/mol. The zero-order valence-corrected chi connectivity index (χ0v) is 29.5. The van der Waals surface area contributed by atoms with Crippen LogP contribution in [0.25, 0.3) is 16.8 Å². The molecule has 0 aliphatic carbocycles. The van der Waals surface area contributed by atoms with Crippen LogP contribution in [0.1, 0.15) is 28.3 Å². The minimum atomic E-state index is -3.27. The number of sulfone groups is 1. The summed E-state index contributed by atoms with van der Waals surface area (Å²) < 4.78 is 26.4. The summed E-state index contributed by atoms with van der Waals surface area (Å²) in [5.41, 5.74) is 12.0. The maximum Gasteiger partial charge on any atom is 0.251 e. The molecule has 0 radical (unpaired) electrons. The quantitative estimate of drug-likeness (QED) is 0.130. The number of amides is 1. The van der Waals surface area contributed by atoms with E-state index < -0.39 is 9.84 Å². The van der Waals surface area contributed by atoms with Gasteiger partial charge in [0.25, 0.3) is 5.91 Å². The molecule has 4 aromatic rings. The maximum absolute atomic E-state index is 13.3. The van der Waals surface area contributed by atoms with Gasteiger partial charge in [-0.25, -0.2) is 8.42 Å². The first-order valence-corrected chi connectivity index (χ1v) is 15.9. The van der Waals surface area contributed by atoms with Crippen LogP contribution >= 0.6 is 28.6 Å². The van der Waals surface area contributed by atoms with Gasteiger partial charge in [-0.3, -0.25) is 4.79 Å². The Hall–Kier alpha value is -2.63. The third kappa shape index (κ3) is 7.37. The van der Waals surface area contributed by atoms with Crippen molar-refractivity contribution >= 4 is 72.6 Å². The predicted molar refractivity (Wildman–Crippen MR) is 178 cm³/mol. The van der Waals surface area contributed by atoms with Crippen molar-refractivity contribution in [3.05, 3.63) is 95.2 Å².